The quantitative estimate of drug-likeness (QED) is 0.678. The number of amides is 1. The minimum Gasteiger partial charge on any atom is -0.482 e. The Hall–Kier alpha value is -2.27. The van der Waals surface area contributed by atoms with Gasteiger partial charge in [0.15, 0.2) is 6.61 Å². The molecule has 0 saturated carbocycles. The number of rotatable bonds is 5. The Labute approximate surface area is 121 Å². The topological polar surface area (TPSA) is 55.6 Å². The van der Waals surface area contributed by atoms with Gasteiger partial charge in [-0.2, -0.15) is 5.10 Å². The van der Waals surface area contributed by atoms with Crippen molar-refractivity contribution in [2.75, 3.05) is 6.61 Å². The van der Waals surface area contributed by atoms with E-state index in [2.05, 4.69) is 10.5 Å². The van der Waals surface area contributed by atoms with E-state index in [1.807, 2.05) is 29.9 Å². The van der Waals surface area contributed by atoms with Crippen molar-refractivity contribution in [3.05, 3.63) is 53.3 Å². The van der Waals surface area contributed by atoms with Crippen LogP contribution in [0.15, 0.2) is 47.7 Å². The number of aryl methyl sites for hydroxylation is 1. The molecule has 5 nitrogen and oxygen atoms in total. The molecule has 1 amide bonds. The van der Waals surface area contributed by atoms with Gasteiger partial charge in [-0.3, -0.25) is 4.79 Å². The van der Waals surface area contributed by atoms with Gasteiger partial charge >= 0.3 is 0 Å². The molecule has 1 aromatic heterocycles. The van der Waals surface area contributed by atoms with Crippen LogP contribution in [0.2, 0.25) is 5.02 Å². The number of nitrogens with one attached hydrogen (secondary N) is 1. The van der Waals surface area contributed by atoms with Crippen LogP contribution in [0.1, 0.15) is 5.69 Å². The summed E-state index contributed by atoms with van der Waals surface area (Å²) in [5.74, 6) is 0.117. The second-order valence-electron chi connectivity index (χ2n) is 4.06. The van der Waals surface area contributed by atoms with Gasteiger partial charge < -0.3 is 9.30 Å². The highest BCUT2D eigenvalue weighted by Crippen LogP contribution is 2.22. The van der Waals surface area contributed by atoms with Crippen molar-refractivity contribution in [2.45, 2.75) is 0 Å². The number of hydrogen-bond donors (Lipinski definition) is 1. The van der Waals surface area contributed by atoms with Crippen molar-refractivity contribution in [1.29, 1.82) is 0 Å². The number of hydrogen-bond acceptors (Lipinski definition) is 3. The molecule has 104 valence electrons. The first-order valence-electron chi connectivity index (χ1n) is 5.97. The summed E-state index contributed by atoms with van der Waals surface area (Å²) < 4.78 is 7.17. The van der Waals surface area contributed by atoms with Crippen LogP contribution in [-0.4, -0.2) is 23.3 Å². The van der Waals surface area contributed by atoms with Crippen molar-refractivity contribution in [1.82, 2.24) is 9.99 Å². The van der Waals surface area contributed by atoms with Crippen LogP contribution in [-0.2, 0) is 11.8 Å². The fourth-order valence-electron chi connectivity index (χ4n) is 1.52. The maximum absolute atomic E-state index is 11.5. The van der Waals surface area contributed by atoms with Gasteiger partial charge in [0.25, 0.3) is 5.91 Å². The van der Waals surface area contributed by atoms with Gasteiger partial charge in [0, 0.05) is 13.2 Å². The van der Waals surface area contributed by atoms with E-state index in [1.54, 1.807) is 30.5 Å². The third kappa shape index (κ3) is 3.86. The van der Waals surface area contributed by atoms with Crippen LogP contribution in [0.5, 0.6) is 5.75 Å². The van der Waals surface area contributed by atoms with Gasteiger partial charge in [-0.25, -0.2) is 5.43 Å². The first-order chi connectivity index (χ1) is 9.66. The van der Waals surface area contributed by atoms with Crippen molar-refractivity contribution in [3.8, 4) is 5.75 Å². The van der Waals surface area contributed by atoms with Crippen LogP contribution in [0.4, 0.5) is 0 Å². The average Bonchev–Trinajstić information content (AvgIpc) is 2.84. The molecule has 20 heavy (non-hydrogen) atoms. The zero-order valence-corrected chi connectivity index (χ0v) is 11.7. The second kappa shape index (κ2) is 6.77. The Kier molecular flexibility index (Phi) is 4.79. The lowest BCUT2D eigenvalue weighted by molar-refractivity contribution is -0.123. The van der Waals surface area contributed by atoms with E-state index >= 15 is 0 Å². The number of halogens is 1. The summed E-state index contributed by atoms with van der Waals surface area (Å²) in [6.07, 6.45) is 3.46. The lowest BCUT2D eigenvalue weighted by atomic mass is 10.3. The van der Waals surface area contributed by atoms with E-state index in [0.29, 0.717) is 10.8 Å². The number of ether oxygens (including phenoxy) is 1. The molecular weight excluding hydrogens is 278 g/mol. The average molecular weight is 292 g/mol. The molecule has 1 aromatic carbocycles. The molecule has 1 N–H and O–H groups in total. The van der Waals surface area contributed by atoms with Crippen molar-refractivity contribution < 1.29 is 9.53 Å². The highest BCUT2D eigenvalue weighted by molar-refractivity contribution is 6.32. The van der Waals surface area contributed by atoms with Crippen LogP contribution in [0.3, 0.4) is 0 Å². The lowest BCUT2D eigenvalue weighted by Gasteiger charge is -2.06. The number of hydrazone groups is 1. The molecule has 0 spiro atoms. The summed E-state index contributed by atoms with van der Waals surface area (Å²) in [6, 6.07) is 10.7. The van der Waals surface area contributed by atoms with E-state index in [9.17, 15) is 4.79 Å². The molecule has 0 unspecified atom stereocenters. The normalized spacial score (nSPS) is 10.7. The van der Waals surface area contributed by atoms with Gasteiger partial charge in [-0.1, -0.05) is 23.7 Å². The molecule has 6 heteroatoms. The molecule has 1 heterocycles. The Morgan fingerprint density at radius 3 is 2.90 bits per heavy atom. The fraction of sp³-hybridized carbons (Fsp3) is 0.143. The fourth-order valence-corrected chi connectivity index (χ4v) is 1.71. The number of nitrogens with zero attached hydrogens (tertiary/aromatic N) is 2. The summed E-state index contributed by atoms with van der Waals surface area (Å²) in [7, 11) is 1.89. The highest BCUT2D eigenvalue weighted by atomic mass is 35.5. The smallest absolute Gasteiger partial charge is 0.277 e. The molecule has 0 aliphatic heterocycles. The van der Waals surface area contributed by atoms with Crippen LogP contribution < -0.4 is 10.2 Å². The SMILES string of the molecule is Cn1cccc1/C=N\NC(=O)COc1ccccc1Cl. The molecule has 0 aliphatic carbocycles. The van der Waals surface area contributed by atoms with Gasteiger partial charge in [0.2, 0.25) is 0 Å². The number of aromatic nitrogens is 1. The second-order valence-corrected chi connectivity index (χ2v) is 4.46. The van der Waals surface area contributed by atoms with Crippen LogP contribution in [0, 0.1) is 0 Å². The summed E-state index contributed by atoms with van der Waals surface area (Å²) in [6.45, 7) is -0.145. The maximum Gasteiger partial charge on any atom is 0.277 e. The Morgan fingerprint density at radius 1 is 1.40 bits per heavy atom. The third-order valence-electron chi connectivity index (χ3n) is 2.57. The van der Waals surface area contributed by atoms with E-state index in [1.165, 1.54) is 0 Å². The zero-order chi connectivity index (χ0) is 14.4. The predicted octanol–water partition coefficient (Wildman–Crippen LogP) is 2.21. The van der Waals surface area contributed by atoms with E-state index < -0.39 is 0 Å². The summed E-state index contributed by atoms with van der Waals surface area (Å²) in [5, 5.41) is 4.32. The monoisotopic (exact) mass is 291 g/mol. The molecule has 0 atom stereocenters. The first kappa shape index (κ1) is 14.1. The number of para-hydroxylation sites is 1. The molecule has 0 radical (unpaired) electrons. The van der Waals surface area contributed by atoms with Gasteiger partial charge in [-0.05, 0) is 24.3 Å². The molecule has 2 rings (SSSR count). The van der Waals surface area contributed by atoms with Gasteiger partial charge in [0.05, 0.1) is 16.9 Å². The van der Waals surface area contributed by atoms with Crippen LogP contribution in [0.25, 0.3) is 0 Å². The van der Waals surface area contributed by atoms with Crippen LogP contribution >= 0.6 is 11.6 Å². The highest BCUT2D eigenvalue weighted by Gasteiger charge is 2.04. The molecular formula is C14H14ClN3O2. The zero-order valence-electron chi connectivity index (χ0n) is 10.9. The number of carbonyl (C=O) groups is 1. The lowest BCUT2D eigenvalue weighted by Crippen LogP contribution is -2.24. The summed E-state index contributed by atoms with van der Waals surface area (Å²) >= 11 is 5.91. The van der Waals surface area contributed by atoms with E-state index in [-0.39, 0.29) is 12.5 Å². The molecule has 2 aromatic rings. The van der Waals surface area contributed by atoms with E-state index in [0.717, 1.165) is 5.69 Å². The summed E-state index contributed by atoms with van der Waals surface area (Å²) in [4.78, 5) is 11.5. The van der Waals surface area contributed by atoms with Crippen molar-refractivity contribution in [3.63, 3.8) is 0 Å². The minimum absolute atomic E-state index is 0.145. The first-order valence-corrected chi connectivity index (χ1v) is 6.35. The van der Waals surface area contributed by atoms with E-state index in [4.69, 9.17) is 16.3 Å². The molecule has 0 aliphatic rings. The third-order valence-corrected chi connectivity index (χ3v) is 2.88. The number of benzene rings is 1. The summed E-state index contributed by atoms with van der Waals surface area (Å²) in [5.41, 5.74) is 3.27. The molecule has 0 bridgehead atoms. The molecule has 0 saturated heterocycles. The minimum atomic E-state index is -0.352. The Balaban J connectivity index is 1.80. The van der Waals surface area contributed by atoms with Crippen molar-refractivity contribution in [2.24, 2.45) is 12.1 Å². The molecule has 0 fully saturated rings. The largest absolute Gasteiger partial charge is 0.482 e. The maximum atomic E-state index is 11.5. The number of carbonyl (C=O) groups excluding carboxylic acids is 1. The van der Waals surface area contributed by atoms with Gasteiger partial charge in [0.1, 0.15) is 5.75 Å². The standard InChI is InChI=1S/C14H14ClN3O2/c1-18-8-4-5-11(18)9-16-17-14(19)10-20-13-7-3-2-6-12(13)15/h2-9H,10H2,1H3,(H,17,19)/b16-9-. The Morgan fingerprint density at radius 2 is 2.20 bits per heavy atom. The Bertz CT molecular complexity index is 622. The predicted molar refractivity (Wildman–Crippen MR) is 78.1 cm³/mol. The van der Waals surface area contributed by atoms with Gasteiger partial charge in [-0.15, -0.1) is 0 Å². The van der Waals surface area contributed by atoms with Crippen molar-refractivity contribution >= 4 is 23.7 Å².